The van der Waals surface area contributed by atoms with E-state index >= 15 is 0 Å². The fraction of sp³-hybridized carbons (Fsp3) is 0.455. The van der Waals surface area contributed by atoms with Crippen molar-refractivity contribution < 1.29 is 4.74 Å². The Balaban J connectivity index is 1.85. The number of nitrogens with two attached hydrogens (primary N) is 1. The van der Waals surface area contributed by atoms with E-state index in [1.54, 1.807) is 0 Å². The lowest BCUT2D eigenvalue weighted by Crippen LogP contribution is -2.10. The zero-order chi connectivity index (χ0) is 9.10. The molecule has 1 heterocycles. The third kappa shape index (κ3) is 2.54. The predicted octanol–water partition coefficient (Wildman–Crippen LogP) is 1.87. The molecule has 0 saturated carbocycles. The number of benzene rings is 1. The number of epoxide rings is 1. The first kappa shape index (κ1) is 8.73. The van der Waals surface area contributed by atoms with Crippen LogP contribution < -0.4 is 5.73 Å². The highest BCUT2D eigenvalue weighted by Crippen LogP contribution is 2.21. The Morgan fingerprint density at radius 2 is 2.08 bits per heavy atom. The van der Waals surface area contributed by atoms with Gasteiger partial charge < -0.3 is 10.5 Å². The topological polar surface area (TPSA) is 38.5 Å². The number of rotatable bonds is 4. The van der Waals surface area contributed by atoms with Crippen molar-refractivity contribution in [2.75, 3.05) is 6.61 Å². The van der Waals surface area contributed by atoms with Crippen LogP contribution in [-0.2, 0) is 4.74 Å². The predicted molar refractivity (Wildman–Crippen MR) is 52.3 cm³/mol. The SMILES string of the molecule is N[C@H](CCC1CO1)c1ccccc1. The van der Waals surface area contributed by atoms with Gasteiger partial charge in [-0.05, 0) is 18.4 Å². The van der Waals surface area contributed by atoms with Crippen LogP contribution in [0.25, 0.3) is 0 Å². The maximum atomic E-state index is 6.02. The highest BCUT2D eigenvalue weighted by atomic mass is 16.6. The van der Waals surface area contributed by atoms with Crippen LogP contribution in [0.2, 0.25) is 0 Å². The summed E-state index contributed by atoms with van der Waals surface area (Å²) in [6, 6.07) is 10.4. The molecule has 2 N–H and O–H groups in total. The molecule has 0 aliphatic carbocycles. The first-order valence-corrected chi connectivity index (χ1v) is 4.78. The summed E-state index contributed by atoms with van der Waals surface area (Å²) in [5, 5.41) is 0. The fourth-order valence-corrected chi connectivity index (χ4v) is 1.47. The zero-order valence-corrected chi connectivity index (χ0v) is 7.65. The molecule has 1 fully saturated rings. The van der Waals surface area contributed by atoms with Crippen LogP contribution in [0.4, 0.5) is 0 Å². The molecule has 1 aromatic rings. The van der Waals surface area contributed by atoms with Gasteiger partial charge in [0.05, 0.1) is 12.7 Å². The molecule has 0 aromatic heterocycles. The second kappa shape index (κ2) is 3.90. The van der Waals surface area contributed by atoms with E-state index in [1.807, 2.05) is 18.2 Å². The van der Waals surface area contributed by atoms with E-state index in [-0.39, 0.29) is 6.04 Å². The molecule has 2 rings (SSSR count). The monoisotopic (exact) mass is 177 g/mol. The quantitative estimate of drug-likeness (QED) is 0.713. The maximum absolute atomic E-state index is 6.02. The second-order valence-electron chi connectivity index (χ2n) is 3.55. The van der Waals surface area contributed by atoms with Crippen LogP contribution in [0.15, 0.2) is 30.3 Å². The lowest BCUT2D eigenvalue weighted by molar-refractivity contribution is 0.384. The van der Waals surface area contributed by atoms with Crippen LogP contribution in [0.3, 0.4) is 0 Å². The smallest absolute Gasteiger partial charge is 0.0810 e. The number of hydrogen-bond acceptors (Lipinski definition) is 2. The lowest BCUT2D eigenvalue weighted by atomic mass is 10.0. The van der Waals surface area contributed by atoms with Gasteiger partial charge in [0.15, 0.2) is 0 Å². The van der Waals surface area contributed by atoms with Gasteiger partial charge >= 0.3 is 0 Å². The van der Waals surface area contributed by atoms with Crippen LogP contribution in [0, 0.1) is 0 Å². The zero-order valence-electron chi connectivity index (χ0n) is 7.65. The molecule has 0 bridgehead atoms. The van der Waals surface area contributed by atoms with Crippen LogP contribution in [0.5, 0.6) is 0 Å². The molecule has 1 unspecified atom stereocenters. The number of hydrogen-bond donors (Lipinski definition) is 1. The molecule has 0 amide bonds. The highest BCUT2D eigenvalue weighted by molar-refractivity contribution is 5.18. The van der Waals surface area contributed by atoms with Crippen LogP contribution in [-0.4, -0.2) is 12.7 Å². The van der Waals surface area contributed by atoms with Gasteiger partial charge in [-0.3, -0.25) is 0 Å². The van der Waals surface area contributed by atoms with Gasteiger partial charge in [-0.2, -0.15) is 0 Å². The standard InChI is InChI=1S/C11H15NO/c12-11(7-6-10-8-13-10)9-4-2-1-3-5-9/h1-5,10-11H,6-8,12H2/t10?,11-/m1/s1. The molecular formula is C11H15NO. The summed E-state index contributed by atoms with van der Waals surface area (Å²) in [6.45, 7) is 0.932. The van der Waals surface area contributed by atoms with Crippen molar-refractivity contribution in [3.63, 3.8) is 0 Å². The summed E-state index contributed by atoms with van der Waals surface area (Å²) in [5.74, 6) is 0. The van der Waals surface area contributed by atoms with Crippen molar-refractivity contribution in [2.45, 2.75) is 25.0 Å². The summed E-state index contributed by atoms with van der Waals surface area (Å²) < 4.78 is 5.14. The van der Waals surface area contributed by atoms with Gasteiger partial charge in [-0.25, -0.2) is 0 Å². The summed E-state index contributed by atoms with van der Waals surface area (Å²) in [5.41, 5.74) is 7.24. The Kier molecular flexibility index (Phi) is 2.62. The fourth-order valence-electron chi connectivity index (χ4n) is 1.47. The van der Waals surface area contributed by atoms with E-state index < -0.39 is 0 Å². The third-order valence-corrected chi connectivity index (χ3v) is 2.43. The van der Waals surface area contributed by atoms with Crippen molar-refractivity contribution >= 4 is 0 Å². The van der Waals surface area contributed by atoms with Gasteiger partial charge in [-0.15, -0.1) is 0 Å². The minimum absolute atomic E-state index is 0.172. The second-order valence-corrected chi connectivity index (χ2v) is 3.55. The van der Waals surface area contributed by atoms with Gasteiger partial charge in [-0.1, -0.05) is 30.3 Å². The van der Waals surface area contributed by atoms with Gasteiger partial charge in [0.2, 0.25) is 0 Å². The maximum Gasteiger partial charge on any atom is 0.0810 e. The van der Waals surface area contributed by atoms with Gasteiger partial charge in [0.1, 0.15) is 0 Å². The molecule has 1 aromatic carbocycles. The van der Waals surface area contributed by atoms with Crippen LogP contribution in [0.1, 0.15) is 24.4 Å². The molecule has 2 heteroatoms. The Morgan fingerprint density at radius 3 is 2.69 bits per heavy atom. The Bertz CT molecular complexity index is 256. The molecule has 2 atom stereocenters. The van der Waals surface area contributed by atoms with E-state index in [9.17, 15) is 0 Å². The molecule has 1 saturated heterocycles. The average Bonchev–Trinajstić information content (AvgIpc) is 2.99. The molecule has 0 spiro atoms. The van der Waals surface area contributed by atoms with Gasteiger partial charge in [0.25, 0.3) is 0 Å². The van der Waals surface area contributed by atoms with E-state index in [0.29, 0.717) is 6.10 Å². The minimum atomic E-state index is 0.172. The summed E-state index contributed by atoms with van der Waals surface area (Å²) in [7, 11) is 0. The van der Waals surface area contributed by atoms with Crippen molar-refractivity contribution in [3.8, 4) is 0 Å². The molecule has 70 valence electrons. The lowest BCUT2D eigenvalue weighted by Gasteiger charge is -2.10. The van der Waals surface area contributed by atoms with Gasteiger partial charge in [0, 0.05) is 6.04 Å². The van der Waals surface area contributed by atoms with Crippen molar-refractivity contribution in [1.29, 1.82) is 0 Å². The molecular weight excluding hydrogens is 162 g/mol. The average molecular weight is 177 g/mol. The third-order valence-electron chi connectivity index (χ3n) is 2.43. The van der Waals surface area contributed by atoms with Crippen molar-refractivity contribution in [2.24, 2.45) is 5.73 Å². The molecule has 2 nitrogen and oxygen atoms in total. The summed E-state index contributed by atoms with van der Waals surface area (Å²) >= 11 is 0. The van der Waals surface area contributed by atoms with E-state index in [2.05, 4.69) is 12.1 Å². The van der Waals surface area contributed by atoms with Crippen LogP contribution >= 0.6 is 0 Å². The molecule has 13 heavy (non-hydrogen) atoms. The van der Waals surface area contributed by atoms with E-state index in [1.165, 1.54) is 5.56 Å². The largest absolute Gasteiger partial charge is 0.373 e. The minimum Gasteiger partial charge on any atom is -0.373 e. The first-order chi connectivity index (χ1) is 6.36. The Hall–Kier alpha value is -0.860. The first-order valence-electron chi connectivity index (χ1n) is 4.78. The van der Waals surface area contributed by atoms with E-state index in [0.717, 1.165) is 19.4 Å². The molecule has 1 aliphatic rings. The molecule has 0 radical (unpaired) electrons. The molecule has 1 aliphatic heterocycles. The normalized spacial score (nSPS) is 22.7. The van der Waals surface area contributed by atoms with Crippen molar-refractivity contribution in [3.05, 3.63) is 35.9 Å². The van der Waals surface area contributed by atoms with Crippen molar-refractivity contribution in [1.82, 2.24) is 0 Å². The van der Waals surface area contributed by atoms with E-state index in [4.69, 9.17) is 10.5 Å². The Morgan fingerprint density at radius 1 is 1.38 bits per heavy atom. The Labute approximate surface area is 78.7 Å². The summed E-state index contributed by atoms with van der Waals surface area (Å²) in [4.78, 5) is 0. The summed E-state index contributed by atoms with van der Waals surface area (Å²) in [6.07, 6.45) is 2.61. The number of ether oxygens (including phenoxy) is 1. The highest BCUT2D eigenvalue weighted by Gasteiger charge is 2.22.